The van der Waals surface area contributed by atoms with Crippen LogP contribution in [0.1, 0.15) is 73.6 Å². The van der Waals surface area contributed by atoms with Gasteiger partial charge >= 0.3 is 0 Å². The number of hydrogen-bond acceptors (Lipinski definition) is 2. The van der Waals surface area contributed by atoms with E-state index in [0.717, 1.165) is 0 Å². The molecule has 0 aliphatic carbocycles. The molecule has 1 rings (SSSR count). The van der Waals surface area contributed by atoms with E-state index in [1.165, 1.54) is 56.7 Å². The molecule has 1 aliphatic rings. The van der Waals surface area contributed by atoms with E-state index in [9.17, 15) is 0 Å². The molecule has 0 radical (unpaired) electrons. The Morgan fingerprint density at radius 1 is 0.947 bits per heavy atom. The summed E-state index contributed by atoms with van der Waals surface area (Å²) in [6.45, 7) is 15.9. The second-order valence-corrected chi connectivity index (χ2v) is 7.16. The van der Waals surface area contributed by atoms with Crippen LogP contribution in [0.4, 0.5) is 0 Å². The highest BCUT2D eigenvalue weighted by atomic mass is 32.2. The normalized spacial score (nSPS) is 15.9. The maximum atomic E-state index is 2.38. The molecule has 0 amide bonds. The van der Waals surface area contributed by atoms with Gasteiger partial charge in [-0.05, 0) is 25.3 Å². The number of nitrogens with zero attached hydrogens (tertiary/aromatic N) is 1. The Labute approximate surface area is 127 Å². The van der Waals surface area contributed by atoms with Crippen molar-refractivity contribution >= 4 is 11.8 Å². The molecule has 0 saturated carbocycles. The average molecular weight is 290 g/mol. The monoisotopic (exact) mass is 289 g/mol. The molecule has 0 spiro atoms. The molecule has 0 aromatic carbocycles. The third kappa shape index (κ3) is 16.3. The Balaban J connectivity index is 0. The third-order valence-electron chi connectivity index (χ3n) is 3.37. The van der Waals surface area contributed by atoms with Crippen LogP contribution in [0.15, 0.2) is 0 Å². The quantitative estimate of drug-likeness (QED) is 0.639. The highest BCUT2D eigenvalue weighted by molar-refractivity contribution is 7.99. The average Bonchev–Trinajstić information content (AvgIpc) is 2.40. The number of thioether (sulfide) groups is 1. The molecule has 0 bridgehead atoms. The van der Waals surface area contributed by atoms with Crippen molar-refractivity contribution in [1.82, 2.24) is 4.90 Å². The van der Waals surface area contributed by atoms with Crippen molar-refractivity contribution in [3.63, 3.8) is 0 Å². The van der Waals surface area contributed by atoms with Crippen LogP contribution >= 0.6 is 11.8 Å². The van der Waals surface area contributed by atoms with E-state index in [-0.39, 0.29) is 0 Å². The van der Waals surface area contributed by atoms with Crippen molar-refractivity contribution in [1.29, 1.82) is 0 Å². The minimum atomic E-state index is 0.602. The number of rotatable bonds is 5. The maximum Gasteiger partial charge on any atom is 0.00696 e. The fourth-order valence-corrected chi connectivity index (χ4v) is 3.20. The van der Waals surface area contributed by atoms with Crippen molar-refractivity contribution in [2.75, 3.05) is 31.6 Å². The lowest BCUT2D eigenvalue weighted by molar-refractivity contribution is 0.295. The van der Waals surface area contributed by atoms with Gasteiger partial charge in [-0.2, -0.15) is 11.8 Å². The first-order valence-corrected chi connectivity index (χ1v) is 9.43. The smallest absolute Gasteiger partial charge is 0.00696 e. The SMILES string of the molecule is CC.CCCCC(C)(C)CCC.CN1CCSCC1. The molecule has 2 heteroatoms. The molecule has 0 aromatic heterocycles. The molecular weight excluding hydrogens is 250 g/mol. The topological polar surface area (TPSA) is 3.24 Å². The van der Waals surface area contributed by atoms with Gasteiger partial charge in [0.05, 0.1) is 0 Å². The molecule has 0 atom stereocenters. The van der Waals surface area contributed by atoms with Crippen molar-refractivity contribution in [2.45, 2.75) is 73.6 Å². The second-order valence-electron chi connectivity index (χ2n) is 5.93. The Morgan fingerprint density at radius 3 is 1.79 bits per heavy atom. The lowest BCUT2D eigenvalue weighted by Crippen LogP contribution is -2.28. The van der Waals surface area contributed by atoms with Gasteiger partial charge in [0.15, 0.2) is 0 Å². The van der Waals surface area contributed by atoms with E-state index in [0.29, 0.717) is 5.41 Å². The fourth-order valence-electron chi connectivity index (χ4n) is 2.11. The van der Waals surface area contributed by atoms with Gasteiger partial charge in [0.2, 0.25) is 0 Å². The lowest BCUT2D eigenvalue weighted by atomic mass is 9.83. The Kier molecular flexibility index (Phi) is 16.7. The molecule has 118 valence electrons. The van der Waals surface area contributed by atoms with Gasteiger partial charge in [-0.3, -0.25) is 0 Å². The molecule has 1 nitrogen and oxygen atoms in total. The standard InChI is InChI=1S/C10H22.C5H11NS.C2H6/c1-5-7-9-10(3,4)8-6-2;1-6-2-4-7-5-3-6;1-2/h5-9H2,1-4H3;2-5H2,1H3;1-2H3. The molecule has 0 aromatic rings. The largest absolute Gasteiger partial charge is 0.305 e. The van der Waals surface area contributed by atoms with Crippen LogP contribution in [0, 0.1) is 5.41 Å². The molecule has 0 unspecified atom stereocenters. The number of unbranched alkanes of at least 4 members (excludes halogenated alkanes) is 1. The minimum Gasteiger partial charge on any atom is -0.305 e. The van der Waals surface area contributed by atoms with E-state index in [2.05, 4.69) is 51.4 Å². The molecule has 0 N–H and O–H groups in total. The van der Waals surface area contributed by atoms with E-state index in [1.54, 1.807) is 0 Å². The molecule has 1 aliphatic heterocycles. The van der Waals surface area contributed by atoms with Gasteiger partial charge in [-0.25, -0.2) is 0 Å². The van der Waals surface area contributed by atoms with Gasteiger partial charge in [-0.1, -0.05) is 60.8 Å². The van der Waals surface area contributed by atoms with E-state index >= 15 is 0 Å². The van der Waals surface area contributed by atoms with Gasteiger partial charge < -0.3 is 4.90 Å². The van der Waals surface area contributed by atoms with Gasteiger partial charge in [0, 0.05) is 24.6 Å². The summed E-state index contributed by atoms with van der Waals surface area (Å²) in [5.41, 5.74) is 0.602. The molecule has 1 heterocycles. The lowest BCUT2D eigenvalue weighted by Gasteiger charge is -2.23. The Morgan fingerprint density at radius 2 is 1.47 bits per heavy atom. The fraction of sp³-hybridized carbons (Fsp3) is 1.00. The van der Waals surface area contributed by atoms with Crippen LogP contribution in [0.5, 0.6) is 0 Å². The predicted octanol–water partition coefficient (Wildman–Crippen LogP) is 5.69. The predicted molar refractivity (Wildman–Crippen MR) is 94.4 cm³/mol. The molecule has 19 heavy (non-hydrogen) atoms. The van der Waals surface area contributed by atoms with Gasteiger partial charge in [0.25, 0.3) is 0 Å². The van der Waals surface area contributed by atoms with Crippen LogP contribution in [-0.4, -0.2) is 36.5 Å². The minimum absolute atomic E-state index is 0.602. The maximum absolute atomic E-state index is 2.38. The molecule has 1 saturated heterocycles. The number of hydrogen-bond donors (Lipinski definition) is 0. The highest BCUT2D eigenvalue weighted by Crippen LogP contribution is 2.28. The highest BCUT2D eigenvalue weighted by Gasteiger charge is 2.14. The van der Waals surface area contributed by atoms with E-state index < -0.39 is 0 Å². The van der Waals surface area contributed by atoms with Crippen LogP contribution < -0.4 is 0 Å². The molecular formula is C17H39NS. The summed E-state index contributed by atoms with van der Waals surface area (Å²) in [6.07, 6.45) is 6.85. The summed E-state index contributed by atoms with van der Waals surface area (Å²) >= 11 is 2.06. The third-order valence-corrected chi connectivity index (χ3v) is 4.31. The van der Waals surface area contributed by atoms with Crippen molar-refractivity contribution in [3.05, 3.63) is 0 Å². The summed E-state index contributed by atoms with van der Waals surface area (Å²) in [4.78, 5) is 2.37. The summed E-state index contributed by atoms with van der Waals surface area (Å²) in [5, 5.41) is 0. The summed E-state index contributed by atoms with van der Waals surface area (Å²) in [5.74, 6) is 2.66. The first kappa shape index (κ1) is 21.6. The second kappa shape index (κ2) is 14.7. The summed E-state index contributed by atoms with van der Waals surface area (Å²) in [7, 11) is 2.18. The first-order valence-electron chi connectivity index (χ1n) is 8.28. The summed E-state index contributed by atoms with van der Waals surface area (Å²) in [6, 6.07) is 0. The van der Waals surface area contributed by atoms with Gasteiger partial charge in [0.1, 0.15) is 0 Å². The van der Waals surface area contributed by atoms with E-state index in [1.807, 2.05) is 13.8 Å². The Hall–Kier alpha value is 0.310. The van der Waals surface area contributed by atoms with Crippen molar-refractivity contribution in [2.24, 2.45) is 5.41 Å². The zero-order valence-corrected chi connectivity index (χ0v) is 15.5. The van der Waals surface area contributed by atoms with Crippen LogP contribution in [0.3, 0.4) is 0 Å². The molecule has 1 fully saturated rings. The Bertz CT molecular complexity index is 163. The van der Waals surface area contributed by atoms with E-state index in [4.69, 9.17) is 0 Å². The van der Waals surface area contributed by atoms with Crippen LogP contribution in [0.2, 0.25) is 0 Å². The zero-order chi connectivity index (χ0) is 15.1. The van der Waals surface area contributed by atoms with Crippen LogP contribution in [0.25, 0.3) is 0 Å². The van der Waals surface area contributed by atoms with Crippen molar-refractivity contribution < 1.29 is 0 Å². The first-order chi connectivity index (χ1) is 9.02. The van der Waals surface area contributed by atoms with Crippen molar-refractivity contribution in [3.8, 4) is 0 Å². The van der Waals surface area contributed by atoms with Gasteiger partial charge in [-0.15, -0.1) is 0 Å². The summed E-state index contributed by atoms with van der Waals surface area (Å²) < 4.78 is 0. The zero-order valence-electron chi connectivity index (χ0n) is 14.7. The van der Waals surface area contributed by atoms with Crippen LogP contribution in [-0.2, 0) is 0 Å².